The van der Waals surface area contributed by atoms with Crippen molar-refractivity contribution in [2.45, 2.75) is 25.9 Å². The second-order valence-electron chi connectivity index (χ2n) is 5.58. The van der Waals surface area contributed by atoms with E-state index < -0.39 is 10.0 Å². The van der Waals surface area contributed by atoms with Crippen LogP contribution in [0.4, 0.5) is 0 Å². The van der Waals surface area contributed by atoms with E-state index in [-0.39, 0.29) is 24.3 Å². The lowest BCUT2D eigenvalue weighted by Crippen LogP contribution is -2.53. The van der Waals surface area contributed by atoms with Crippen molar-refractivity contribution in [1.82, 2.24) is 9.62 Å². The summed E-state index contributed by atoms with van der Waals surface area (Å²) in [5, 5.41) is 9.45. The Kier molecular flexibility index (Phi) is 5.75. The van der Waals surface area contributed by atoms with E-state index in [4.69, 9.17) is 0 Å². The van der Waals surface area contributed by atoms with Crippen LogP contribution in [-0.2, 0) is 16.6 Å². The molecule has 2 rings (SSSR count). The highest BCUT2D eigenvalue weighted by Crippen LogP contribution is 2.20. The van der Waals surface area contributed by atoms with Crippen molar-refractivity contribution in [2.24, 2.45) is 5.92 Å². The van der Waals surface area contributed by atoms with Crippen LogP contribution >= 0.6 is 0 Å². The quantitative estimate of drug-likeness (QED) is 0.815. The van der Waals surface area contributed by atoms with Crippen molar-refractivity contribution >= 4 is 10.0 Å². The number of nitrogens with zero attached hydrogens (tertiary/aromatic N) is 1. The molecule has 118 valence electrons. The third-order valence-electron chi connectivity index (χ3n) is 4.03. The maximum Gasteiger partial charge on any atom is 0.211 e. The fourth-order valence-electron chi connectivity index (χ4n) is 2.72. The molecule has 2 unspecified atom stereocenters. The Bertz CT molecular complexity index is 533. The van der Waals surface area contributed by atoms with Crippen LogP contribution in [0.3, 0.4) is 0 Å². The Balaban J connectivity index is 2.01. The monoisotopic (exact) mass is 312 g/mol. The molecule has 1 fully saturated rings. The molecule has 1 aromatic carbocycles. The Morgan fingerprint density at radius 1 is 1.33 bits per heavy atom. The highest BCUT2D eigenvalue weighted by atomic mass is 32.2. The molecule has 1 aliphatic rings. The average Bonchev–Trinajstić information content (AvgIpc) is 2.48. The van der Waals surface area contributed by atoms with Gasteiger partial charge in [-0.2, -0.15) is 0 Å². The second kappa shape index (κ2) is 7.35. The van der Waals surface area contributed by atoms with Crippen LogP contribution in [0.5, 0.6) is 0 Å². The first-order valence-corrected chi connectivity index (χ1v) is 9.06. The minimum Gasteiger partial charge on any atom is -0.396 e. The molecule has 2 atom stereocenters. The van der Waals surface area contributed by atoms with Gasteiger partial charge in [-0.1, -0.05) is 30.3 Å². The zero-order chi connectivity index (χ0) is 15.3. The molecule has 5 nitrogen and oxygen atoms in total. The maximum atomic E-state index is 11.8. The van der Waals surface area contributed by atoms with Gasteiger partial charge in [-0.15, -0.1) is 0 Å². The van der Waals surface area contributed by atoms with Crippen molar-refractivity contribution in [3.8, 4) is 0 Å². The van der Waals surface area contributed by atoms with E-state index in [9.17, 15) is 13.5 Å². The smallest absolute Gasteiger partial charge is 0.211 e. The zero-order valence-electron chi connectivity index (χ0n) is 12.4. The van der Waals surface area contributed by atoms with E-state index in [1.807, 2.05) is 18.2 Å². The van der Waals surface area contributed by atoms with Crippen LogP contribution < -0.4 is 4.72 Å². The van der Waals surface area contributed by atoms with Crippen LogP contribution in [-0.4, -0.2) is 49.9 Å². The van der Waals surface area contributed by atoms with Gasteiger partial charge in [-0.05, 0) is 25.5 Å². The lowest BCUT2D eigenvalue weighted by atomic mass is 9.93. The predicted molar refractivity (Wildman–Crippen MR) is 83.3 cm³/mol. The summed E-state index contributed by atoms with van der Waals surface area (Å²) in [6.07, 6.45) is 0.806. The van der Waals surface area contributed by atoms with E-state index in [1.54, 1.807) is 6.92 Å². The molecule has 1 saturated heterocycles. The summed E-state index contributed by atoms with van der Waals surface area (Å²) in [5.41, 5.74) is 1.22. The van der Waals surface area contributed by atoms with Crippen molar-refractivity contribution < 1.29 is 13.5 Å². The first-order valence-electron chi connectivity index (χ1n) is 7.41. The van der Waals surface area contributed by atoms with E-state index in [1.165, 1.54) is 5.56 Å². The maximum absolute atomic E-state index is 11.8. The number of piperidine rings is 1. The molecular weight excluding hydrogens is 288 g/mol. The molecule has 6 heteroatoms. The standard InChI is InChI=1S/C15H24N2O3S/c1-2-21(19,20)16-15-11-17(9-8-14(15)12-18)10-13-6-4-3-5-7-13/h3-7,14-16,18H,2,8-12H2,1H3. The molecule has 21 heavy (non-hydrogen) atoms. The number of nitrogens with one attached hydrogen (secondary N) is 1. The molecule has 0 radical (unpaired) electrons. The molecule has 1 aromatic rings. The minimum atomic E-state index is -3.25. The number of hydrogen-bond donors (Lipinski definition) is 2. The number of hydrogen-bond acceptors (Lipinski definition) is 4. The van der Waals surface area contributed by atoms with E-state index in [0.29, 0.717) is 6.54 Å². The number of likely N-dealkylation sites (tertiary alicyclic amines) is 1. The fourth-order valence-corrected chi connectivity index (χ4v) is 3.61. The highest BCUT2D eigenvalue weighted by molar-refractivity contribution is 7.89. The Labute approximate surface area is 127 Å². The van der Waals surface area contributed by atoms with Gasteiger partial charge in [-0.3, -0.25) is 4.90 Å². The summed E-state index contributed by atoms with van der Waals surface area (Å²) in [5.74, 6) is 0.0682. The fraction of sp³-hybridized carbons (Fsp3) is 0.600. The molecule has 1 aliphatic heterocycles. The van der Waals surface area contributed by atoms with E-state index in [0.717, 1.165) is 19.5 Å². The minimum absolute atomic E-state index is 0.00153. The first-order chi connectivity index (χ1) is 10.0. The summed E-state index contributed by atoms with van der Waals surface area (Å²) < 4.78 is 26.3. The number of rotatable bonds is 6. The van der Waals surface area contributed by atoms with Crippen LogP contribution in [0, 0.1) is 5.92 Å². The summed E-state index contributed by atoms with van der Waals surface area (Å²) in [7, 11) is -3.25. The van der Waals surface area contributed by atoms with Crippen LogP contribution in [0.2, 0.25) is 0 Å². The van der Waals surface area contributed by atoms with Crippen LogP contribution in [0.25, 0.3) is 0 Å². The van der Waals surface area contributed by atoms with Crippen molar-refractivity contribution in [2.75, 3.05) is 25.4 Å². The Hall–Kier alpha value is -0.950. The van der Waals surface area contributed by atoms with E-state index in [2.05, 4.69) is 21.8 Å². The normalized spacial score (nSPS) is 24.1. The Morgan fingerprint density at radius 3 is 2.67 bits per heavy atom. The Morgan fingerprint density at radius 2 is 2.05 bits per heavy atom. The molecule has 0 spiro atoms. The van der Waals surface area contributed by atoms with Gasteiger partial charge in [0.15, 0.2) is 0 Å². The van der Waals surface area contributed by atoms with Crippen molar-refractivity contribution in [3.05, 3.63) is 35.9 Å². The largest absolute Gasteiger partial charge is 0.396 e. The van der Waals surface area contributed by atoms with Gasteiger partial charge in [0.25, 0.3) is 0 Å². The summed E-state index contributed by atoms with van der Waals surface area (Å²) in [6.45, 7) is 3.98. The lowest BCUT2D eigenvalue weighted by molar-refractivity contribution is 0.101. The molecule has 0 saturated carbocycles. The van der Waals surface area contributed by atoms with Gasteiger partial charge in [0.2, 0.25) is 10.0 Å². The molecule has 0 aliphatic carbocycles. The van der Waals surface area contributed by atoms with Gasteiger partial charge in [0.05, 0.1) is 5.75 Å². The summed E-state index contributed by atoms with van der Waals surface area (Å²) in [4.78, 5) is 2.24. The van der Waals surface area contributed by atoms with Crippen LogP contribution in [0.1, 0.15) is 18.9 Å². The zero-order valence-corrected chi connectivity index (χ0v) is 13.2. The molecule has 0 amide bonds. The van der Waals surface area contributed by atoms with Crippen molar-refractivity contribution in [3.63, 3.8) is 0 Å². The topological polar surface area (TPSA) is 69.6 Å². The highest BCUT2D eigenvalue weighted by Gasteiger charge is 2.31. The number of benzene rings is 1. The summed E-state index contributed by atoms with van der Waals surface area (Å²) in [6, 6.07) is 9.93. The van der Waals surface area contributed by atoms with Gasteiger partial charge in [-0.25, -0.2) is 13.1 Å². The molecule has 0 bridgehead atoms. The predicted octanol–water partition coefficient (Wildman–Crippen LogP) is 0.809. The van der Waals surface area contributed by atoms with Gasteiger partial charge >= 0.3 is 0 Å². The number of aliphatic hydroxyl groups is 1. The lowest BCUT2D eigenvalue weighted by Gasteiger charge is -2.38. The van der Waals surface area contributed by atoms with E-state index >= 15 is 0 Å². The number of aliphatic hydroxyl groups excluding tert-OH is 1. The second-order valence-corrected chi connectivity index (χ2v) is 7.62. The molecule has 2 N–H and O–H groups in total. The SMILES string of the molecule is CCS(=O)(=O)NC1CN(Cc2ccccc2)CCC1CO. The van der Waals surface area contributed by atoms with Gasteiger partial charge < -0.3 is 5.11 Å². The third-order valence-corrected chi connectivity index (χ3v) is 5.46. The number of sulfonamides is 1. The van der Waals surface area contributed by atoms with Gasteiger partial charge in [0, 0.05) is 31.7 Å². The van der Waals surface area contributed by atoms with Crippen LogP contribution in [0.15, 0.2) is 30.3 Å². The third kappa shape index (κ3) is 4.78. The molecular formula is C15H24N2O3S. The van der Waals surface area contributed by atoms with Crippen molar-refractivity contribution in [1.29, 1.82) is 0 Å². The molecule has 0 aromatic heterocycles. The van der Waals surface area contributed by atoms with Gasteiger partial charge in [0.1, 0.15) is 0 Å². The average molecular weight is 312 g/mol. The molecule has 1 heterocycles. The first kappa shape index (κ1) is 16.4. The summed E-state index contributed by atoms with van der Waals surface area (Å²) >= 11 is 0.